The van der Waals surface area contributed by atoms with E-state index in [1.807, 2.05) is 30.3 Å². The fraction of sp³-hybridized carbons (Fsp3) is 0.600. The summed E-state index contributed by atoms with van der Waals surface area (Å²) >= 11 is 0. The average molecular weight is 484 g/mol. The second kappa shape index (κ2) is 11.4. The average Bonchev–Trinajstić information content (AvgIpc) is 2.92. The third-order valence-corrected chi connectivity index (χ3v) is 6.88. The number of amides is 4. The normalized spacial score (nSPS) is 22.1. The van der Waals surface area contributed by atoms with Crippen LogP contribution in [0, 0.1) is 11.3 Å². The molecule has 1 saturated carbocycles. The van der Waals surface area contributed by atoms with E-state index in [2.05, 4.69) is 11.4 Å². The Balaban J connectivity index is 1.54. The molecular formula is C25H33N5O5. The number of hydrazine groups is 1. The van der Waals surface area contributed by atoms with Crippen LogP contribution in [0.15, 0.2) is 30.3 Å². The number of rotatable bonds is 4. The molecule has 2 aliphatic heterocycles. The van der Waals surface area contributed by atoms with Crippen molar-refractivity contribution >= 4 is 18.0 Å². The number of hydrogen-bond donors (Lipinski definition) is 1. The first kappa shape index (κ1) is 24.8. The summed E-state index contributed by atoms with van der Waals surface area (Å²) in [7, 11) is 0. The van der Waals surface area contributed by atoms with E-state index < -0.39 is 29.6 Å². The highest BCUT2D eigenvalue weighted by Crippen LogP contribution is 2.29. The van der Waals surface area contributed by atoms with Crippen LogP contribution in [-0.2, 0) is 20.9 Å². The highest BCUT2D eigenvalue weighted by molar-refractivity contribution is 5.89. The summed E-state index contributed by atoms with van der Waals surface area (Å²) in [5.41, 5.74) is -0.106. The van der Waals surface area contributed by atoms with Gasteiger partial charge >= 0.3 is 12.1 Å². The van der Waals surface area contributed by atoms with Gasteiger partial charge in [0.1, 0.15) is 18.2 Å². The lowest BCUT2D eigenvalue weighted by atomic mass is 9.82. The van der Waals surface area contributed by atoms with Crippen molar-refractivity contribution in [2.75, 3.05) is 32.8 Å². The Morgan fingerprint density at radius 3 is 2.46 bits per heavy atom. The summed E-state index contributed by atoms with van der Waals surface area (Å²) in [6.45, 7) is 1.86. The minimum atomic E-state index is -0.931. The zero-order chi connectivity index (χ0) is 24.7. The molecule has 4 amide bonds. The first-order valence-corrected chi connectivity index (χ1v) is 12.4. The number of carbonyl (C=O) groups is 3. The number of nitrogens with zero attached hydrogens (tertiary/aromatic N) is 4. The molecule has 0 unspecified atom stereocenters. The van der Waals surface area contributed by atoms with Gasteiger partial charge in [-0.05, 0) is 31.2 Å². The van der Waals surface area contributed by atoms with Gasteiger partial charge in [-0.2, -0.15) is 5.26 Å². The molecule has 1 N–H and O–H groups in total. The Morgan fingerprint density at radius 1 is 1.06 bits per heavy atom. The van der Waals surface area contributed by atoms with Gasteiger partial charge in [-0.1, -0.05) is 49.6 Å². The molecule has 1 aromatic carbocycles. The first-order valence-electron chi connectivity index (χ1n) is 12.4. The molecule has 0 spiro atoms. The summed E-state index contributed by atoms with van der Waals surface area (Å²) < 4.78 is 10.9. The molecule has 0 radical (unpaired) electrons. The highest BCUT2D eigenvalue weighted by atomic mass is 16.6. The lowest BCUT2D eigenvalue weighted by molar-refractivity contribution is -0.137. The second-order valence-electron chi connectivity index (χ2n) is 9.29. The molecule has 1 atom stereocenters. The van der Waals surface area contributed by atoms with Crippen molar-refractivity contribution in [3.8, 4) is 6.07 Å². The van der Waals surface area contributed by atoms with Crippen molar-refractivity contribution < 1.29 is 23.9 Å². The monoisotopic (exact) mass is 483 g/mol. The number of nitrogens with one attached hydrogen (secondary N) is 1. The minimum Gasteiger partial charge on any atom is -0.443 e. The number of morpholine rings is 1. The van der Waals surface area contributed by atoms with Crippen LogP contribution in [-0.4, -0.2) is 77.4 Å². The molecule has 3 aliphatic rings. The molecule has 1 aliphatic carbocycles. The molecule has 1 aromatic rings. The number of benzene rings is 1. The molecule has 188 valence electrons. The molecule has 10 heteroatoms. The van der Waals surface area contributed by atoms with Crippen LogP contribution < -0.4 is 5.32 Å². The number of nitriles is 1. The molecule has 35 heavy (non-hydrogen) atoms. The SMILES string of the molecule is N#CC1(NC(=O)[C@@H]2CCCN(C(=O)OCc3ccccc3)N2C(=O)N2CCOCC2)CCCCC1. The van der Waals surface area contributed by atoms with Crippen molar-refractivity contribution in [2.45, 2.75) is 63.1 Å². The highest BCUT2D eigenvalue weighted by Gasteiger charge is 2.45. The van der Waals surface area contributed by atoms with Gasteiger partial charge in [0.05, 0.1) is 19.3 Å². The topological polar surface area (TPSA) is 115 Å². The lowest BCUT2D eigenvalue weighted by Crippen LogP contribution is -2.66. The van der Waals surface area contributed by atoms with Crippen molar-refractivity contribution in [3.63, 3.8) is 0 Å². The Hall–Kier alpha value is -3.32. The molecule has 4 rings (SSSR count). The fourth-order valence-corrected chi connectivity index (χ4v) is 4.92. The van der Waals surface area contributed by atoms with Gasteiger partial charge in [0.25, 0.3) is 0 Å². The van der Waals surface area contributed by atoms with Gasteiger partial charge in [-0.25, -0.2) is 19.6 Å². The third kappa shape index (κ3) is 5.85. The Labute approximate surface area is 205 Å². The Morgan fingerprint density at radius 2 is 1.77 bits per heavy atom. The van der Waals surface area contributed by atoms with E-state index in [4.69, 9.17) is 9.47 Å². The number of carbonyl (C=O) groups excluding carboxylic acids is 3. The van der Waals surface area contributed by atoms with Crippen LogP contribution in [0.4, 0.5) is 9.59 Å². The van der Waals surface area contributed by atoms with Gasteiger partial charge < -0.3 is 19.7 Å². The molecule has 2 heterocycles. The molecule has 0 aromatic heterocycles. The number of urea groups is 1. The summed E-state index contributed by atoms with van der Waals surface area (Å²) in [6, 6.07) is 10.2. The molecular weight excluding hydrogens is 450 g/mol. The smallest absolute Gasteiger partial charge is 0.429 e. The molecule has 2 saturated heterocycles. The van der Waals surface area contributed by atoms with Gasteiger partial charge in [-0.3, -0.25) is 4.79 Å². The predicted molar refractivity (Wildman–Crippen MR) is 126 cm³/mol. The van der Waals surface area contributed by atoms with Gasteiger partial charge in [0.15, 0.2) is 0 Å². The molecule has 10 nitrogen and oxygen atoms in total. The van der Waals surface area contributed by atoms with E-state index in [-0.39, 0.29) is 13.2 Å². The van der Waals surface area contributed by atoms with Gasteiger partial charge in [0.2, 0.25) is 5.91 Å². The fourth-order valence-electron chi connectivity index (χ4n) is 4.92. The minimum absolute atomic E-state index is 0.0597. The maximum Gasteiger partial charge on any atom is 0.429 e. The summed E-state index contributed by atoms with van der Waals surface area (Å²) in [5, 5.41) is 15.3. The van der Waals surface area contributed by atoms with E-state index in [0.717, 1.165) is 24.8 Å². The second-order valence-corrected chi connectivity index (χ2v) is 9.29. The first-order chi connectivity index (χ1) is 17.0. The van der Waals surface area contributed by atoms with Crippen LogP contribution in [0.5, 0.6) is 0 Å². The van der Waals surface area contributed by atoms with E-state index in [1.54, 1.807) is 4.90 Å². The summed E-state index contributed by atoms with van der Waals surface area (Å²) in [4.78, 5) is 41.8. The van der Waals surface area contributed by atoms with E-state index in [0.29, 0.717) is 52.0 Å². The predicted octanol–water partition coefficient (Wildman–Crippen LogP) is 2.80. The largest absolute Gasteiger partial charge is 0.443 e. The zero-order valence-corrected chi connectivity index (χ0v) is 20.0. The van der Waals surface area contributed by atoms with Crippen LogP contribution in [0.3, 0.4) is 0 Å². The van der Waals surface area contributed by atoms with Crippen molar-refractivity contribution in [1.29, 1.82) is 5.26 Å². The quantitative estimate of drug-likeness (QED) is 0.704. The van der Waals surface area contributed by atoms with Crippen LogP contribution >= 0.6 is 0 Å². The summed E-state index contributed by atoms with van der Waals surface area (Å²) in [5.74, 6) is -0.407. The number of ether oxygens (including phenoxy) is 2. The summed E-state index contributed by atoms with van der Waals surface area (Å²) in [6.07, 6.45) is 4.19. The van der Waals surface area contributed by atoms with E-state index in [9.17, 15) is 19.6 Å². The lowest BCUT2D eigenvalue weighted by Gasteiger charge is -2.45. The molecule has 0 bridgehead atoms. The van der Waals surface area contributed by atoms with Crippen molar-refractivity contribution in [1.82, 2.24) is 20.2 Å². The zero-order valence-electron chi connectivity index (χ0n) is 20.0. The third-order valence-electron chi connectivity index (χ3n) is 6.88. The Kier molecular flexibility index (Phi) is 8.08. The molecule has 3 fully saturated rings. The standard InChI is InChI=1S/C25H33N5O5/c26-19-25(11-5-2-6-12-25)27-22(31)21-10-7-13-29(24(33)35-18-20-8-3-1-4-9-20)30(21)23(32)28-14-16-34-17-15-28/h1,3-4,8-9,21H,2,5-7,10-18H2,(H,27,31)/t21-/m0/s1. The number of hydrogen-bond acceptors (Lipinski definition) is 6. The van der Waals surface area contributed by atoms with Crippen LogP contribution in [0.25, 0.3) is 0 Å². The van der Waals surface area contributed by atoms with Crippen LogP contribution in [0.1, 0.15) is 50.5 Å². The van der Waals surface area contributed by atoms with E-state index in [1.165, 1.54) is 10.0 Å². The Bertz CT molecular complexity index is 937. The van der Waals surface area contributed by atoms with Crippen molar-refractivity contribution in [2.24, 2.45) is 0 Å². The van der Waals surface area contributed by atoms with Crippen molar-refractivity contribution in [3.05, 3.63) is 35.9 Å². The van der Waals surface area contributed by atoms with Crippen LogP contribution in [0.2, 0.25) is 0 Å². The maximum atomic E-state index is 13.6. The maximum absolute atomic E-state index is 13.6. The van der Waals surface area contributed by atoms with Gasteiger partial charge in [-0.15, -0.1) is 0 Å². The van der Waals surface area contributed by atoms with E-state index >= 15 is 0 Å². The van der Waals surface area contributed by atoms with Gasteiger partial charge in [0, 0.05) is 19.6 Å².